The molecule has 2 aliphatic rings. The largest absolute Gasteiger partial charge is 0.356 e. The number of hydrogen-bond acceptors (Lipinski definition) is 5. The molecule has 0 saturated carbocycles. The van der Waals surface area contributed by atoms with Gasteiger partial charge >= 0.3 is 0 Å². The number of piperazine rings is 1. The SMILES string of the molecule is CN=C(NCC1CCSCC1)N1CCN(c2ncccn2)CC1.I. The van der Waals surface area contributed by atoms with E-state index < -0.39 is 0 Å². The lowest BCUT2D eigenvalue weighted by Crippen LogP contribution is -2.53. The average Bonchev–Trinajstić information content (AvgIpc) is 2.64. The van der Waals surface area contributed by atoms with Crippen LogP contribution in [0, 0.1) is 5.92 Å². The molecule has 1 aromatic rings. The monoisotopic (exact) mass is 462 g/mol. The van der Waals surface area contributed by atoms with Crippen LogP contribution in [0.3, 0.4) is 0 Å². The van der Waals surface area contributed by atoms with E-state index in [-0.39, 0.29) is 24.0 Å². The molecule has 0 bridgehead atoms. The first kappa shape index (κ1) is 19.6. The summed E-state index contributed by atoms with van der Waals surface area (Å²) in [6.45, 7) is 4.84. The van der Waals surface area contributed by atoms with E-state index in [4.69, 9.17) is 0 Å². The Morgan fingerprint density at radius 1 is 1.21 bits per heavy atom. The Kier molecular flexibility index (Phi) is 8.37. The molecule has 0 aliphatic carbocycles. The molecule has 0 spiro atoms. The van der Waals surface area contributed by atoms with Crippen molar-refractivity contribution in [1.82, 2.24) is 20.2 Å². The lowest BCUT2D eigenvalue weighted by molar-refractivity contribution is 0.363. The van der Waals surface area contributed by atoms with E-state index in [9.17, 15) is 0 Å². The lowest BCUT2D eigenvalue weighted by Gasteiger charge is -2.37. The highest BCUT2D eigenvalue weighted by atomic mass is 127. The molecule has 6 nitrogen and oxygen atoms in total. The summed E-state index contributed by atoms with van der Waals surface area (Å²) in [7, 11) is 1.88. The number of aliphatic imine (C=N–C) groups is 1. The number of hydrogen-bond donors (Lipinski definition) is 1. The Morgan fingerprint density at radius 3 is 2.50 bits per heavy atom. The molecular formula is C16H27IN6S. The van der Waals surface area contributed by atoms with E-state index >= 15 is 0 Å². The minimum absolute atomic E-state index is 0. The third kappa shape index (κ3) is 5.37. The Balaban J connectivity index is 0.00000208. The third-order valence-corrected chi connectivity index (χ3v) is 5.56. The molecule has 2 fully saturated rings. The van der Waals surface area contributed by atoms with Gasteiger partial charge in [0.15, 0.2) is 5.96 Å². The van der Waals surface area contributed by atoms with Crippen molar-refractivity contribution in [2.75, 3.05) is 56.2 Å². The van der Waals surface area contributed by atoms with Crippen LogP contribution >= 0.6 is 35.7 Å². The van der Waals surface area contributed by atoms with Crippen molar-refractivity contribution < 1.29 is 0 Å². The molecule has 0 atom stereocenters. The van der Waals surface area contributed by atoms with Crippen molar-refractivity contribution in [2.24, 2.45) is 10.9 Å². The fourth-order valence-corrected chi connectivity index (χ4v) is 4.30. The molecule has 1 N–H and O–H groups in total. The summed E-state index contributed by atoms with van der Waals surface area (Å²) in [5, 5.41) is 3.58. The number of guanidine groups is 1. The van der Waals surface area contributed by atoms with Gasteiger partial charge in [0.1, 0.15) is 0 Å². The average molecular weight is 462 g/mol. The smallest absolute Gasteiger partial charge is 0.225 e. The fourth-order valence-electron chi connectivity index (χ4n) is 3.09. The van der Waals surface area contributed by atoms with Gasteiger partial charge < -0.3 is 15.1 Å². The maximum atomic E-state index is 4.47. The molecule has 2 aliphatic heterocycles. The highest BCUT2D eigenvalue weighted by Gasteiger charge is 2.22. The maximum Gasteiger partial charge on any atom is 0.225 e. The number of anilines is 1. The molecule has 0 amide bonds. The van der Waals surface area contributed by atoms with Gasteiger partial charge in [0.05, 0.1) is 0 Å². The predicted octanol–water partition coefficient (Wildman–Crippen LogP) is 1.94. The predicted molar refractivity (Wildman–Crippen MR) is 113 cm³/mol. The van der Waals surface area contributed by atoms with Crippen molar-refractivity contribution in [3.63, 3.8) is 0 Å². The minimum Gasteiger partial charge on any atom is -0.356 e. The quantitative estimate of drug-likeness (QED) is 0.421. The highest BCUT2D eigenvalue weighted by Crippen LogP contribution is 2.22. The van der Waals surface area contributed by atoms with Crippen LogP contribution in [0.25, 0.3) is 0 Å². The summed E-state index contributed by atoms with van der Waals surface area (Å²) >= 11 is 2.08. The Hall–Kier alpha value is -0.770. The van der Waals surface area contributed by atoms with E-state index in [1.54, 1.807) is 12.4 Å². The van der Waals surface area contributed by atoms with E-state index in [0.29, 0.717) is 0 Å². The zero-order valence-corrected chi connectivity index (χ0v) is 17.4. The summed E-state index contributed by atoms with van der Waals surface area (Å²) in [6.07, 6.45) is 6.26. The Morgan fingerprint density at radius 2 is 1.88 bits per heavy atom. The van der Waals surface area contributed by atoms with E-state index in [2.05, 4.69) is 41.8 Å². The normalized spacial score (nSPS) is 19.8. The van der Waals surface area contributed by atoms with Gasteiger partial charge in [-0.2, -0.15) is 11.8 Å². The number of nitrogens with zero attached hydrogens (tertiary/aromatic N) is 5. The number of thioether (sulfide) groups is 1. The van der Waals surface area contributed by atoms with Crippen LogP contribution in [0.1, 0.15) is 12.8 Å². The van der Waals surface area contributed by atoms with Gasteiger partial charge in [0, 0.05) is 52.2 Å². The second kappa shape index (κ2) is 10.3. The first-order valence-electron chi connectivity index (χ1n) is 8.42. The molecule has 3 heterocycles. The van der Waals surface area contributed by atoms with Crippen molar-refractivity contribution >= 4 is 47.6 Å². The van der Waals surface area contributed by atoms with E-state index in [1.165, 1.54) is 24.3 Å². The van der Waals surface area contributed by atoms with Crippen molar-refractivity contribution in [1.29, 1.82) is 0 Å². The van der Waals surface area contributed by atoms with Crippen LogP contribution in [0.15, 0.2) is 23.5 Å². The van der Waals surface area contributed by atoms with Gasteiger partial charge in [-0.3, -0.25) is 4.99 Å². The third-order valence-electron chi connectivity index (χ3n) is 4.52. The van der Waals surface area contributed by atoms with Crippen LogP contribution in [-0.2, 0) is 0 Å². The number of rotatable bonds is 3. The molecular weight excluding hydrogens is 435 g/mol. The van der Waals surface area contributed by atoms with Crippen molar-refractivity contribution in [3.8, 4) is 0 Å². The van der Waals surface area contributed by atoms with E-state index in [1.807, 2.05) is 13.1 Å². The second-order valence-corrected chi connectivity index (χ2v) is 7.23. The number of nitrogens with one attached hydrogen (secondary N) is 1. The molecule has 24 heavy (non-hydrogen) atoms. The minimum atomic E-state index is 0. The number of aromatic nitrogens is 2. The van der Waals surface area contributed by atoms with Crippen molar-refractivity contribution in [3.05, 3.63) is 18.5 Å². The van der Waals surface area contributed by atoms with E-state index in [0.717, 1.165) is 50.5 Å². The van der Waals surface area contributed by atoms with Crippen LogP contribution in [0.4, 0.5) is 5.95 Å². The topological polar surface area (TPSA) is 56.7 Å². The van der Waals surface area contributed by atoms with Gasteiger partial charge in [-0.05, 0) is 36.3 Å². The van der Waals surface area contributed by atoms with Gasteiger partial charge in [0.25, 0.3) is 0 Å². The zero-order chi connectivity index (χ0) is 15.9. The molecule has 3 rings (SSSR count). The van der Waals surface area contributed by atoms with Gasteiger partial charge in [-0.15, -0.1) is 24.0 Å². The van der Waals surface area contributed by atoms with Crippen LogP contribution < -0.4 is 10.2 Å². The zero-order valence-electron chi connectivity index (χ0n) is 14.2. The standard InChI is InChI=1S/C16H26N6S.HI/c1-17-15(20-13-14-3-11-23-12-4-14)21-7-9-22(10-8-21)16-18-5-2-6-19-16;/h2,5-6,14H,3-4,7-13H2,1H3,(H,17,20);1H. The molecule has 0 unspecified atom stereocenters. The summed E-state index contributed by atoms with van der Waals surface area (Å²) in [4.78, 5) is 17.7. The Labute approximate surface area is 165 Å². The first-order valence-corrected chi connectivity index (χ1v) is 9.57. The molecule has 0 aromatic carbocycles. The van der Waals surface area contributed by atoms with Crippen LogP contribution in [0.2, 0.25) is 0 Å². The molecule has 8 heteroatoms. The number of halogens is 1. The molecule has 2 saturated heterocycles. The fraction of sp³-hybridized carbons (Fsp3) is 0.688. The van der Waals surface area contributed by atoms with Crippen molar-refractivity contribution in [2.45, 2.75) is 12.8 Å². The lowest BCUT2D eigenvalue weighted by atomic mass is 10.0. The molecule has 1 aromatic heterocycles. The van der Waals surface area contributed by atoms with Crippen LogP contribution in [0.5, 0.6) is 0 Å². The Bertz CT molecular complexity index is 501. The van der Waals surface area contributed by atoms with Gasteiger partial charge in [-0.1, -0.05) is 0 Å². The van der Waals surface area contributed by atoms with Gasteiger partial charge in [-0.25, -0.2) is 9.97 Å². The van der Waals surface area contributed by atoms with Crippen LogP contribution in [-0.4, -0.2) is 72.1 Å². The highest BCUT2D eigenvalue weighted by molar-refractivity contribution is 14.0. The first-order chi connectivity index (χ1) is 11.4. The summed E-state index contributed by atoms with van der Waals surface area (Å²) < 4.78 is 0. The summed E-state index contributed by atoms with van der Waals surface area (Å²) in [5.41, 5.74) is 0. The molecule has 0 radical (unpaired) electrons. The summed E-state index contributed by atoms with van der Waals surface area (Å²) in [6, 6.07) is 1.86. The van der Waals surface area contributed by atoms with Gasteiger partial charge in [0.2, 0.25) is 5.95 Å². The molecule has 134 valence electrons. The summed E-state index contributed by atoms with van der Waals surface area (Å²) in [5.74, 6) is 5.28. The second-order valence-electron chi connectivity index (χ2n) is 6.01. The maximum absolute atomic E-state index is 4.47.